The molecule has 10 heteroatoms. The van der Waals surface area contributed by atoms with Crippen LogP contribution in [0.1, 0.15) is 72.8 Å². The van der Waals surface area contributed by atoms with Crippen LogP contribution in [0.15, 0.2) is 30.5 Å². The van der Waals surface area contributed by atoms with Crippen LogP contribution in [0.5, 0.6) is 5.88 Å². The molecule has 0 saturated heterocycles. The monoisotopic (exact) mass is 522 g/mol. The molecule has 0 unspecified atom stereocenters. The SMILES string of the molecule is CC(F)(F)COc1ccc2c(n1)CCN(CC[C@H]1CC[C@H](NC(=O)c3cccnc3C(F)F)CC1)CC2. The largest absolute Gasteiger partial charge is 0.471 e. The lowest BCUT2D eigenvalue weighted by Crippen LogP contribution is -2.38. The Balaban J connectivity index is 1.20. The zero-order chi connectivity index (χ0) is 26.4. The number of amides is 1. The van der Waals surface area contributed by atoms with E-state index in [1.807, 2.05) is 6.07 Å². The molecule has 6 nitrogen and oxygen atoms in total. The summed E-state index contributed by atoms with van der Waals surface area (Å²) in [6.07, 6.45) is 4.78. The molecule has 2 aromatic heterocycles. The Morgan fingerprint density at radius 3 is 2.65 bits per heavy atom. The number of rotatable bonds is 9. The van der Waals surface area contributed by atoms with Crippen LogP contribution in [-0.4, -0.2) is 59.0 Å². The summed E-state index contributed by atoms with van der Waals surface area (Å²) >= 11 is 0. The highest BCUT2D eigenvalue weighted by Crippen LogP contribution is 2.28. The van der Waals surface area contributed by atoms with Gasteiger partial charge in [0.15, 0.2) is 6.61 Å². The molecule has 1 aliphatic heterocycles. The molecule has 0 atom stereocenters. The van der Waals surface area contributed by atoms with Crippen LogP contribution in [0.4, 0.5) is 17.6 Å². The molecule has 1 N–H and O–H groups in total. The van der Waals surface area contributed by atoms with Crippen LogP contribution >= 0.6 is 0 Å². The minimum absolute atomic E-state index is 0.0164. The summed E-state index contributed by atoms with van der Waals surface area (Å²) in [4.78, 5) is 23.1. The number of ether oxygens (including phenoxy) is 1. The van der Waals surface area contributed by atoms with Crippen molar-refractivity contribution in [3.05, 3.63) is 53.0 Å². The Bertz CT molecular complexity index is 1050. The van der Waals surface area contributed by atoms with Crippen LogP contribution in [-0.2, 0) is 12.8 Å². The fourth-order valence-corrected chi connectivity index (χ4v) is 5.12. The molecule has 202 valence electrons. The zero-order valence-corrected chi connectivity index (χ0v) is 21.1. The van der Waals surface area contributed by atoms with E-state index in [2.05, 4.69) is 20.2 Å². The van der Waals surface area contributed by atoms with Crippen molar-refractivity contribution >= 4 is 5.91 Å². The van der Waals surface area contributed by atoms with Crippen molar-refractivity contribution in [3.63, 3.8) is 0 Å². The maximum absolute atomic E-state index is 13.2. The van der Waals surface area contributed by atoms with E-state index in [9.17, 15) is 22.4 Å². The summed E-state index contributed by atoms with van der Waals surface area (Å²) in [5.41, 5.74) is 1.52. The number of halogens is 4. The van der Waals surface area contributed by atoms with Gasteiger partial charge in [-0.2, -0.15) is 0 Å². The number of aromatic nitrogens is 2. The predicted molar refractivity (Wildman–Crippen MR) is 131 cm³/mol. The van der Waals surface area contributed by atoms with Gasteiger partial charge in [-0.05, 0) is 68.7 Å². The van der Waals surface area contributed by atoms with Crippen LogP contribution in [0, 0.1) is 5.92 Å². The molecule has 1 fully saturated rings. The molecule has 4 rings (SSSR count). The second-order valence-corrected chi connectivity index (χ2v) is 10.2. The van der Waals surface area contributed by atoms with E-state index in [4.69, 9.17) is 4.74 Å². The number of pyridine rings is 2. The molecule has 1 amide bonds. The molecule has 1 aliphatic carbocycles. The molecule has 37 heavy (non-hydrogen) atoms. The van der Waals surface area contributed by atoms with E-state index >= 15 is 0 Å². The van der Waals surface area contributed by atoms with Gasteiger partial charge >= 0.3 is 0 Å². The van der Waals surface area contributed by atoms with Gasteiger partial charge in [-0.1, -0.05) is 6.07 Å². The Hall–Kier alpha value is -2.75. The van der Waals surface area contributed by atoms with E-state index in [-0.39, 0.29) is 17.5 Å². The third kappa shape index (κ3) is 7.87. The van der Waals surface area contributed by atoms with E-state index in [0.717, 1.165) is 82.8 Å². The lowest BCUT2D eigenvalue weighted by Gasteiger charge is -2.31. The van der Waals surface area contributed by atoms with Gasteiger partial charge in [0, 0.05) is 50.4 Å². The molecule has 0 radical (unpaired) electrons. The van der Waals surface area contributed by atoms with Crippen LogP contribution in [0.25, 0.3) is 0 Å². The molecule has 1 saturated carbocycles. The highest BCUT2D eigenvalue weighted by Gasteiger charge is 2.26. The molecule has 0 aromatic carbocycles. The summed E-state index contributed by atoms with van der Waals surface area (Å²) in [5.74, 6) is -2.58. The molecule has 2 aromatic rings. The molecule has 2 aliphatic rings. The number of nitrogens with zero attached hydrogens (tertiary/aromatic N) is 3. The first-order chi connectivity index (χ1) is 17.7. The normalized spacial score (nSPS) is 20.8. The van der Waals surface area contributed by atoms with Crippen molar-refractivity contribution in [2.24, 2.45) is 5.92 Å². The summed E-state index contributed by atoms with van der Waals surface area (Å²) in [6, 6.07) is 6.47. The Labute approximate surface area is 214 Å². The number of fused-ring (bicyclic) bond motifs is 1. The number of carbonyl (C=O) groups is 1. The lowest BCUT2D eigenvalue weighted by atomic mass is 9.84. The second-order valence-electron chi connectivity index (χ2n) is 10.2. The van der Waals surface area contributed by atoms with E-state index in [0.29, 0.717) is 5.92 Å². The van der Waals surface area contributed by atoms with Crippen LogP contribution in [0.3, 0.4) is 0 Å². The maximum atomic E-state index is 13.2. The summed E-state index contributed by atoms with van der Waals surface area (Å²) < 4.78 is 57.7. The van der Waals surface area contributed by atoms with Gasteiger partial charge in [-0.25, -0.2) is 22.5 Å². The van der Waals surface area contributed by atoms with Crippen molar-refractivity contribution < 1.29 is 27.1 Å². The number of alkyl halides is 4. The van der Waals surface area contributed by atoms with E-state index in [1.54, 1.807) is 6.07 Å². The van der Waals surface area contributed by atoms with E-state index in [1.165, 1.54) is 18.3 Å². The average molecular weight is 523 g/mol. The Kier molecular flexibility index (Phi) is 9.00. The first kappa shape index (κ1) is 27.3. The molecule has 3 heterocycles. The van der Waals surface area contributed by atoms with E-state index < -0.39 is 30.6 Å². The highest BCUT2D eigenvalue weighted by atomic mass is 19.3. The number of carbonyl (C=O) groups excluding carboxylic acids is 1. The third-order valence-electron chi connectivity index (χ3n) is 7.20. The minimum Gasteiger partial charge on any atom is -0.471 e. The fraction of sp³-hybridized carbons (Fsp3) is 0.593. The lowest BCUT2D eigenvalue weighted by molar-refractivity contribution is -0.0243. The smallest absolute Gasteiger partial charge is 0.281 e. The van der Waals surface area contributed by atoms with Crippen molar-refractivity contribution in [1.82, 2.24) is 20.2 Å². The van der Waals surface area contributed by atoms with Crippen LogP contribution < -0.4 is 10.1 Å². The first-order valence-corrected chi connectivity index (χ1v) is 12.9. The molecule has 0 bridgehead atoms. The van der Waals surface area contributed by atoms with Gasteiger partial charge in [0.2, 0.25) is 5.88 Å². The van der Waals surface area contributed by atoms with Crippen molar-refractivity contribution in [1.29, 1.82) is 0 Å². The minimum atomic E-state index is -2.90. The zero-order valence-electron chi connectivity index (χ0n) is 21.1. The molecule has 0 spiro atoms. The Morgan fingerprint density at radius 1 is 1.16 bits per heavy atom. The van der Waals surface area contributed by atoms with Gasteiger partial charge in [0.1, 0.15) is 5.69 Å². The second kappa shape index (κ2) is 12.2. The van der Waals surface area contributed by atoms with Gasteiger partial charge in [0.05, 0.1) is 5.56 Å². The highest BCUT2D eigenvalue weighted by molar-refractivity contribution is 5.95. The van der Waals surface area contributed by atoms with Gasteiger partial charge < -0.3 is 15.0 Å². The van der Waals surface area contributed by atoms with Crippen molar-refractivity contribution in [2.75, 3.05) is 26.2 Å². The average Bonchev–Trinajstić information content (AvgIpc) is 3.08. The van der Waals surface area contributed by atoms with Crippen LogP contribution in [0.2, 0.25) is 0 Å². The molecular formula is C27H34F4N4O2. The Morgan fingerprint density at radius 2 is 1.92 bits per heavy atom. The summed E-state index contributed by atoms with van der Waals surface area (Å²) in [5, 5.41) is 2.92. The summed E-state index contributed by atoms with van der Waals surface area (Å²) in [6.45, 7) is 2.89. The predicted octanol–water partition coefficient (Wildman–Crippen LogP) is 5.23. The third-order valence-corrected chi connectivity index (χ3v) is 7.20. The quantitative estimate of drug-likeness (QED) is 0.457. The standard InChI is InChI=1S/C27H34F4N4O2/c1-27(30,31)17-37-23-9-6-19-11-15-35(16-12-22(19)34-23)14-10-18-4-7-20(8-5-18)33-26(36)21-3-2-13-32-24(21)25(28)29/h2-3,6,9,13,18,20,25H,4-5,7-8,10-12,14-17H2,1H3,(H,33,36)/t18-,20-. The van der Waals surface area contributed by atoms with Crippen molar-refractivity contribution in [3.8, 4) is 5.88 Å². The molecular weight excluding hydrogens is 488 g/mol. The summed E-state index contributed by atoms with van der Waals surface area (Å²) in [7, 11) is 0. The fourth-order valence-electron chi connectivity index (χ4n) is 5.12. The number of nitrogens with one attached hydrogen (secondary N) is 1. The van der Waals surface area contributed by atoms with Gasteiger partial charge in [-0.3, -0.25) is 9.78 Å². The number of hydrogen-bond acceptors (Lipinski definition) is 5. The number of hydrogen-bond donors (Lipinski definition) is 1. The van der Waals surface area contributed by atoms with Gasteiger partial charge in [0.25, 0.3) is 18.3 Å². The van der Waals surface area contributed by atoms with Gasteiger partial charge in [-0.15, -0.1) is 0 Å². The maximum Gasteiger partial charge on any atom is 0.281 e. The first-order valence-electron chi connectivity index (χ1n) is 12.9. The van der Waals surface area contributed by atoms with Crippen molar-refractivity contribution in [2.45, 2.75) is 70.3 Å². The topological polar surface area (TPSA) is 67.3 Å².